The van der Waals surface area contributed by atoms with Crippen LogP contribution in [0.3, 0.4) is 0 Å². The van der Waals surface area contributed by atoms with E-state index in [4.69, 9.17) is 0 Å². The minimum atomic E-state index is -0.406. The van der Waals surface area contributed by atoms with Crippen LogP contribution in [0.4, 0.5) is 15.8 Å². The summed E-state index contributed by atoms with van der Waals surface area (Å²) >= 11 is 3.32. The predicted octanol–water partition coefficient (Wildman–Crippen LogP) is 4.42. The maximum atomic E-state index is 13.2. The molecule has 20 heavy (non-hydrogen) atoms. The lowest BCUT2D eigenvalue weighted by Gasteiger charge is -2.11. The smallest absolute Gasteiger partial charge is 0.272 e. The van der Waals surface area contributed by atoms with Crippen LogP contribution in [0.1, 0.15) is 11.1 Å². The first-order valence-electron chi connectivity index (χ1n) is 5.91. The molecular formula is C14H12BrFN2O2. The molecule has 4 nitrogen and oxygen atoms in total. The molecule has 0 aliphatic carbocycles. The normalized spacial score (nSPS) is 10.3. The molecule has 0 unspecified atom stereocenters. The van der Waals surface area contributed by atoms with E-state index in [0.29, 0.717) is 17.8 Å². The number of anilines is 1. The fourth-order valence-electron chi connectivity index (χ4n) is 1.88. The molecule has 0 fully saturated rings. The van der Waals surface area contributed by atoms with Gasteiger partial charge in [0.1, 0.15) is 5.82 Å². The van der Waals surface area contributed by atoms with E-state index in [-0.39, 0.29) is 11.5 Å². The van der Waals surface area contributed by atoms with Gasteiger partial charge in [-0.25, -0.2) is 4.39 Å². The first-order chi connectivity index (χ1) is 9.49. The molecule has 0 heterocycles. The van der Waals surface area contributed by atoms with Gasteiger partial charge in [-0.15, -0.1) is 0 Å². The summed E-state index contributed by atoms with van der Waals surface area (Å²) < 4.78 is 13.9. The van der Waals surface area contributed by atoms with E-state index >= 15 is 0 Å². The molecule has 0 aliphatic rings. The minimum absolute atomic E-state index is 0.0857. The van der Waals surface area contributed by atoms with Crippen LogP contribution in [0.25, 0.3) is 0 Å². The third-order valence-electron chi connectivity index (χ3n) is 3.01. The minimum Gasteiger partial charge on any atom is -0.380 e. The van der Waals surface area contributed by atoms with Gasteiger partial charge in [0.05, 0.1) is 10.6 Å². The van der Waals surface area contributed by atoms with Crippen molar-refractivity contribution in [2.75, 3.05) is 5.32 Å². The third kappa shape index (κ3) is 3.14. The number of benzene rings is 2. The molecule has 0 aromatic heterocycles. The van der Waals surface area contributed by atoms with E-state index in [1.54, 1.807) is 19.1 Å². The Morgan fingerprint density at radius 2 is 2.10 bits per heavy atom. The molecule has 0 radical (unpaired) electrons. The Kier molecular flexibility index (Phi) is 4.34. The molecule has 0 spiro atoms. The van der Waals surface area contributed by atoms with E-state index in [9.17, 15) is 14.5 Å². The number of hydrogen-bond donors (Lipinski definition) is 1. The summed E-state index contributed by atoms with van der Waals surface area (Å²) in [7, 11) is 0. The number of nitrogens with one attached hydrogen (secondary N) is 1. The second-order valence-electron chi connectivity index (χ2n) is 4.30. The van der Waals surface area contributed by atoms with Crippen molar-refractivity contribution in [3.05, 3.63) is 67.9 Å². The largest absolute Gasteiger partial charge is 0.380 e. The molecule has 0 atom stereocenters. The van der Waals surface area contributed by atoms with Crippen molar-refractivity contribution in [3.63, 3.8) is 0 Å². The Balaban J connectivity index is 2.21. The zero-order chi connectivity index (χ0) is 14.7. The lowest BCUT2D eigenvalue weighted by Crippen LogP contribution is -2.04. The van der Waals surface area contributed by atoms with Crippen LogP contribution in [-0.4, -0.2) is 4.92 Å². The Morgan fingerprint density at radius 1 is 1.35 bits per heavy atom. The lowest BCUT2D eigenvalue weighted by atomic mass is 10.1. The lowest BCUT2D eigenvalue weighted by molar-refractivity contribution is -0.385. The van der Waals surface area contributed by atoms with Crippen molar-refractivity contribution < 1.29 is 9.31 Å². The second kappa shape index (κ2) is 6.00. The first kappa shape index (κ1) is 14.5. The molecule has 6 heteroatoms. The van der Waals surface area contributed by atoms with E-state index in [1.807, 2.05) is 6.07 Å². The molecule has 104 valence electrons. The SMILES string of the molecule is Cc1c(CNc2cc(F)ccc2Br)cccc1[N+](=O)[O-]. The number of nitro benzene ring substituents is 1. The first-order valence-corrected chi connectivity index (χ1v) is 6.70. The highest BCUT2D eigenvalue weighted by molar-refractivity contribution is 9.10. The zero-order valence-corrected chi connectivity index (χ0v) is 12.3. The Morgan fingerprint density at radius 3 is 2.80 bits per heavy atom. The van der Waals surface area contributed by atoms with Gasteiger partial charge in [0.25, 0.3) is 5.69 Å². The van der Waals surface area contributed by atoms with Crippen LogP contribution >= 0.6 is 15.9 Å². The summed E-state index contributed by atoms with van der Waals surface area (Å²) in [5.41, 5.74) is 2.10. The van der Waals surface area contributed by atoms with Gasteiger partial charge in [-0.1, -0.05) is 12.1 Å². The van der Waals surface area contributed by atoms with Crippen molar-refractivity contribution >= 4 is 27.3 Å². The summed E-state index contributed by atoms with van der Waals surface area (Å²) in [5, 5.41) is 13.9. The molecule has 1 N–H and O–H groups in total. The highest BCUT2D eigenvalue weighted by Crippen LogP contribution is 2.25. The van der Waals surface area contributed by atoms with Gasteiger partial charge in [0, 0.05) is 22.6 Å². The van der Waals surface area contributed by atoms with Crippen LogP contribution in [0, 0.1) is 22.9 Å². The Labute approximate surface area is 123 Å². The number of rotatable bonds is 4. The average Bonchev–Trinajstić information content (AvgIpc) is 2.41. The van der Waals surface area contributed by atoms with Crippen molar-refractivity contribution in [1.82, 2.24) is 0 Å². The van der Waals surface area contributed by atoms with Crippen molar-refractivity contribution in [2.24, 2.45) is 0 Å². The highest BCUT2D eigenvalue weighted by Gasteiger charge is 2.13. The predicted molar refractivity (Wildman–Crippen MR) is 79.3 cm³/mol. The quantitative estimate of drug-likeness (QED) is 0.663. The molecule has 0 amide bonds. The van der Waals surface area contributed by atoms with E-state index in [0.717, 1.165) is 10.0 Å². The molecule has 0 aliphatic heterocycles. The van der Waals surface area contributed by atoms with Crippen molar-refractivity contribution in [2.45, 2.75) is 13.5 Å². The van der Waals surface area contributed by atoms with Gasteiger partial charge >= 0.3 is 0 Å². The van der Waals surface area contributed by atoms with E-state index in [2.05, 4.69) is 21.2 Å². The van der Waals surface area contributed by atoms with Gasteiger partial charge in [-0.05, 0) is 46.6 Å². The maximum absolute atomic E-state index is 13.2. The van der Waals surface area contributed by atoms with Crippen LogP contribution < -0.4 is 5.32 Å². The highest BCUT2D eigenvalue weighted by atomic mass is 79.9. The topological polar surface area (TPSA) is 55.2 Å². The molecule has 2 aromatic rings. The number of nitro groups is 1. The van der Waals surface area contributed by atoms with E-state index in [1.165, 1.54) is 18.2 Å². The van der Waals surface area contributed by atoms with Gasteiger partial charge in [-0.3, -0.25) is 10.1 Å². The van der Waals surface area contributed by atoms with Crippen LogP contribution in [-0.2, 0) is 6.54 Å². The second-order valence-corrected chi connectivity index (χ2v) is 5.15. The summed E-state index contributed by atoms with van der Waals surface area (Å²) in [6.07, 6.45) is 0. The molecule has 0 saturated heterocycles. The summed E-state index contributed by atoms with van der Waals surface area (Å²) in [6, 6.07) is 9.25. The van der Waals surface area contributed by atoms with Crippen molar-refractivity contribution in [1.29, 1.82) is 0 Å². The summed E-state index contributed by atoms with van der Waals surface area (Å²) in [4.78, 5) is 10.5. The van der Waals surface area contributed by atoms with Gasteiger partial charge in [0.2, 0.25) is 0 Å². The molecule has 2 rings (SSSR count). The monoisotopic (exact) mass is 338 g/mol. The molecule has 0 saturated carbocycles. The third-order valence-corrected chi connectivity index (χ3v) is 3.70. The fraction of sp³-hybridized carbons (Fsp3) is 0.143. The van der Waals surface area contributed by atoms with Gasteiger partial charge in [-0.2, -0.15) is 0 Å². The van der Waals surface area contributed by atoms with Gasteiger partial charge in [0.15, 0.2) is 0 Å². The van der Waals surface area contributed by atoms with Crippen LogP contribution in [0.15, 0.2) is 40.9 Å². The zero-order valence-electron chi connectivity index (χ0n) is 10.7. The van der Waals surface area contributed by atoms with E-state index < -0.39 is 4.92 Å². The summed E-state index contributed by atoms with van der Waals surface area (Å²) in [6.45, 7) is 2.09. The number of nitrogens with zero attached hydrogens (tertiary/aromatic N) is 1. The number of hydrogen-bond acceptors (Lipinski definition) is 3. The molecular weight excluding hydrogens is 327 g/mol. The number of halogens is 2. The molecule has 2 aromatic carbocycles. The standard InChI is InChI=1S/C14H12BrFN2O2/c1-9-10(3-2-4-14(9)18(19)20)8-17-13-7-11(16)5-6-12(13)15/h2-7,17H,8H2,1H3. The fourth-order valence-corrected chi connectivity index (χ4v) is 2.27. The van der Waals surface area contributed by atoms with Crippen molar-refractivity contribution in [3.8, 4) is 0 Å². The Bertz CT molecular complexity index is 662. The van der Waals surface area contributed by atoms with Gasteiger partial charge < -0.3 is 5.32 Å². The Hall–Kier alpha value is -1.95. The maximum Gasteiger partial charge on any atom is 0.272 e. The molecule has 0 bridgehead atoms. The van der Waals surface area contributed by atoms with Crippen LogP contribution in [0.2, 0.25) is 0 Å². The average molecular weight is 339 g/mol. The summed E-state index contributed by atoms with van der Waals surface area (Å²) in [5.74, 6) is -0.341. The van der Waals surface area contributed by atoms with Crippen LogP contribution in [0.5, 0.6) is 0 Å².